The molecule has 0 aliphatic heterocycles. The molecule has 0 N–H and O–H groups in total. The van der Waals surface area contributed by atoms with Gasteiger partial charge in [0.05, 0.1) is 23.0 Å². The largest absolute Gasteiger partial charge is 0.385 e. The summed E-state index contributed by atoms with van der Waals surface area (Å²) in [6.07, 6.45) is 3.89. The first kappa shape index (κ1) is 15.5. The Hall–Kier alpha value is -0.600. The van der Waals surface area contributed by atoms with Crippen LogP contribution in [0.25, 0.3) is 0 Å². The molecule has 1 aliphatic rings. The van der Waals surface area contributed by atoms with Crippen molar-refractivity contribution < 1.29 is 13.2 Å². The minimum atomic E-state index is -3.16. The van der Waals surface area contributed by atoms with Crippen LogP contribution in [-0.4, -0.2) is 33.1 Å². The molecule has 0 radical (unpaired) electrons. The van der Waals surface area contributed by atoms with Gasteiger partial charge in [-0.1, -0.05) is 13.3 Å². The first-order valence-corrected chi connectivity index (χ1v) is 8.36. The first-order valence-electron chi connectivity index (χ1n) is 6.65. The minimum absolute atomic E-state index is 0.139. The second-order valence-electron chi connectivity index (χ2n) is 5.07. The second kappa shape index (κ2) is 7.10. The lowest BCUT2D eigenvalue weighted by Gasteiger charge is -2.31. The summed E-state index contributed by atoms with van der Waals surface area (Å²) in [6, 6.07) is 2.18. The molecular weight excluding hydrogens is 250 g/mol. The molecule has 1 aliphatic carbocycles. The lowest BCUT2D eigenvalue weighted by molar-refractivity contribution is 0.199. The van der Waals surface area contributed by atoms with Crippen LogP contribution < -0.4 is 0 Å². The Labute approximate surface area is 110 Å². The van der Waals surface area contributed by atoms with E-state index in [1.807, 2.05) is 0 Å². The van der Waals surface area contributed by atoms with Gasteiger partial charge >= 0.3 is 0 Å². The summed E-state index contributed by atoms with van der Waals surface area (Å²) in [5.41, 5.74) is 0. The third-order valence-corrected chi connectivity index (χ3v) is 6.18. The van der Waals surface area contributed by atoms with Crippen molar-refractivity contribution in [3.05, 3.63) is 0 Å². The summed E-state index contributed by atoms with van der Waals surface area (Å²) in [4.78, 5) is 0. The lowest BCUT2D eigenvalue weighted by atomic mass is 9.81. The zero-order valence-electron chi connectivity index (χ0n) is 11.3. The molecule has 0 aromatic rings. The molecule has 0 bridgehead atoms. The normalized spacial score (nSPS) is 28.8. The number of rotatable bonds is 6. The maximum Gasteiger partial charge on any atom is 0.154 e. The van der Waals surface area contributed by atoms with E-state index in [0.717, 1.165) is 19.3 Å². The fourth-order valence-electron chi connectivity index (χ4n) is 2.68. The van der Waals surface area contributed by atoms with Gasteiger partial charge in [0.25, 0.3) is 0 Å². The Morgan fingerprint density at radius 1 is 1.39 bits per heavy atom. The predicted molar refractivity (Wildman–Crippen MR) is 70.8 cm³/mol. The highest BCUT2D eigenvalue weighted by atomic mass is 32.2. The van der Waals surface area contributed by atoms with Gasteiger partial charge < -0.3 is 4.74 Å². The summed E-state index contributed by atoms with van der Waals surface area (Å²) < 4.78 is 29.5. The van der Waals surface area contributed by atoms with Crippen molar-refractivity contribution in [2.45, 2.75) is 44.3 Å². The van der Waals surface area contributed by atoms with Crippen molar-refractivity contribution in [3.63, 3.8) is 0 Å². The molecule has 1 saturated carbocycles. The smallest absolute Gasteiger partial charge is 0.154 e. The predicted octanol–water partition coefficient (Wildman–Crippen LogP) is 2.16. The highest BCUT2D eigenvalue weighted by molar-refractivity contribution is 7.92. The van der Waals surface area contributed by atoms with Gasteiger partial charge in [0, 0.05) is 13.7 Å². The van der Waals surface area contributed by atoms with Crippen molar-refractivity contribution in [2.24, 2.45) is 11.8 Å². The molecule has 4 nitrogen and oxygen atoms in total. The maximum atomic E-state index is 12.3. The van der Waals surface area contributed by atoms with E-state index in [9.17, 15) is 8.42 Å². The van der Waals surface area contributed by atoms with Gasteiger partial charge in [0.15, 0.2) is 9.84 Å². The molecular formula is C13H23NO3S. The van der Waals surface area contributed by atoms with Crippen LogP contribution in [0.5, 0.6) is 0 Å². The topological polar surface area (TPSA) is 67.2 Å². The van der Waals surface area contributed by atoms with E-state index in [1.165, 1.54) is 0 Å². The number of hydrogen-bond donors (Lipinski definition) is 0. The maximum absolute atomic E-state index is 12.3. The van der Waals surface area contributed by atoms with Gasteiger partial charge in [-0.15, -0.1) is 0 Å². The SMILES string of the molecule is CCC1CCC(C#N)C(S(=O)(=O)CCCOC)C1. The van der Waals surface area contributed by atoms with E-state index in [-0.39, 0.29) is 11.7 Å². The van der Waals surface area contributed by atoms with Gasteiger partial charge in [-0.3, -0.25) is 0 Å². The fraction of sp³-hybridized carbons (Fsp3) is 0.923. The van der Waals surface area contributed by atoms with Gasteiger partial charge in [0.2, 0.25) is 0 Å². The Morgan fingerprint density at radius 2 is 2.11 bits per heavy atom. The molecule has 104 valence electrons. The Morgan fingerprint density at radius 3 is 2.67 bits per heavy atom. The fourth-order valence-corrected chi connectivity index (χ4v) is 4.77. The molecule has 18 heavy (non-hydrogen) atoms. The molecule has 5 heteroatoms. The number of nitrogens with zero attached hydrogens (tertiary/aromatic N) is 1. The van der Waals surface area contributed by atoms with Crippen LogP contribution >= 0.6 is 0 Å². The monoisotopic (exact) mass is 273 g/mol. The van der Waals surface area contributed by atoms with Gasteiger partial charge in [-0.2, -0.15) is 5.26 Å². The highest BCUT2D eigenvalue weighted by Crippen LogP contribution is 2.35. The van der Waals surface area contributed by atoms with Crippen LogP contribution in [0.1, 0.15) is 39.0 Å². The van der Waals surface area contributed by atoms with E-state index in [0.29, 0.717) is 25.4 Å². The van der Waals surface area contributed by atoms with Crippen molar-refractivity contribution in [1.82, 2.24) is 0 Å². The van der Waals surface area contributed by atoms with Crippen LogP contribution in [0.3, 0.4) is 0 Å². The van der Waals surface area contributed by atoms with E-state index < -0.39 is 15.1 Å². The average molecular weight is 273 g/mol. The van der Waals surface area contributed by atoms with Crippen molar-refractivity contribution in [3.8, 4) is 6.07 Å². The van der Waals surface area contributed by atoms with Crippen molar-refractivity contribution in [2.75, 3.05) is 19.5 Å². The average Bonchev–Trinajstić information content (AvgIpc) is 2.38. The number of ether oxygens (including phenoxy) is 1. The first-order chi connectivity index (χ1) is 8.55. The molecule has 3 unspecified atom stereocenters. The van der Waals surface area contributed by atoms with E-state index >= 15 is 0 Å². The molecule has 3 atom stereocenters. The third-order valence-electron chi connectivity index (χ3n) is 3.88. The summed E-state index contributed by atoms with van der Waals surface area (Å²) in [5.74, 6) is 0.275. The van der Waals surface area contributed by atoms with Crippen LogP contribution in [-0.2, 0) is 14.6 Å². The number of methoxy groups -OCH3 is 1. The Kier molecular flexibility index (Phi) is 6.10. The van der Waals surface area contributed by atoms with Crippen LogP contribution in [0, 0.1) is 23.2 Å². The van der Waals surface area contributed by atoms with Crippen LogP contribution in [0.2, 0.25) is 0 Å². The molecule has 0 saturated heterocycles. The zero-order valence-corrected chi connectivity index (χ0v) is 12.1. The molecule has 1 fully saturated rings. The van der Waals surface area contributed by atoms with Gasteiger partial charge in [0.1, 0.15) is 0 Å². The summed E-state index contributed by atoms with van der Waals surface area (Å²) in [7, 11) is -1.59. The van der Waals surface area contributed by atoms with Crippen molar-refractivity contribution in [1.29, 1.82) is 5.26 Å². The van der Waals surface area contributed by atoms with Crippen LogP contribution in [0.15, 0.2) is 0 Å². The molecule has 0 spiro atoms. The molecule has 0 amide bonds. The summed E-state index contributed by atoms with van der Waals surface area (Å²) in [5, 5.41) is 8.66. The molecule has 1 rings (SSSR count). The zero-order chi connectivity index (χ0) is 13.6. The second-order valence-corrected chi connectivity index (χ2v) is 7.41. The minimum Gasteiger partial charge on any atom is -0.385 e. The quantitative estimate of drug-likeness (QED) is 0.695. The molecule has 0 aromatic heterocycles. The number of nitriles is 1. The summed E-state index contributed by atoms with van der Waals surface area (Å²) in [6.45, 7) is 2.55. The Bertz CT molecular complexity index is 386. The van der Waals surface area contributed by atoms with Gasteiger partial charge in [-0.25, -0.2) is 8.42 Å². The Balaban J connectivity index is 2.72. The standard InChI is InChI=1S/C13H23NO3S/c1-3-11-5-6-12(10-14)13(9-11)18(15,16)8-4-7-17-2/h11-13H,3-9H2,1-2H3. The highest BCUT2D eigenvalue weighted by Gasteiger charge is 2.38. The van der Waals surface area contributed by atoms with Gasteiger partial charge in [-0.05, 0) is 31.6 Å². The van der Waals surface area contributed by atoms with Crippen molar-refractivity contribution >= 4 is 9.84 Å². The molecule has 0 heterocycles. The number of hydrogen-bond acceptors (Lipinski definition) is 4. The lowest BCUT2D eigenvalue weighted by Crippen LogP contribution is -2.37. The van der Waals surface area contributed by atoms with Crippen LogP contribution in [0.4, 0.5) is 0 Å². The molecule has 0 aromatic carbocycles. The number of sulfone groups is 1. The van der Waals surface area contributed by atoms with E-state index in [4.69, 9.17) is 10.00 Å². The third kappa shape index (κ3) is 3.96. The van der Waals surface area contributed by atoms with E-state index in [1.54, 1.807) is 7.11 Å². The summed E-state index contributed by atoms with van der Waals surface area (Å²) >= 11 is 0. The van der Waals surface area contributed by atoms with E-state index in [2.05, 4.69) is 13.0 Å².